The third-order valence-electron chi connectivity index (χ3n) is 10.6. The average Bonchev–Trinajstić information content (AvgIpc) is 3.34. The van der Waals surface area contributed by atoms with Gasteiger partial charge in [-0.25, -0.2) is 13.1 Å². The molecule has 7 N–H and O–H groups in total. The van der Waals surface area contributed by atoms with E-state index in [0.29, 0.717) is 40.4 Å². The molecule has 0 unspecified atom stereocenters. The van der Waals surface area contributed by atoms with Gasteiger partial charge < -0.3 is 26.6 Å². The molecule has 0 aromatic heterocycles. The Hall–Kier alpha value is -7.78. The SMILES string of the molecule is CC(C)(C)NS(=O)(=O)c1cccc2c(NC(=O)[C@H](Cc3ccccc3)NC(=O)c3ccccc3)cccc12.N[C@@H](Cc1ccccc1)C(=O)O.O=C(C[C@@H](Cc1ccccc1)C(=O)O)c1ccccc1. The number of nitrogens with two attached hydrogens (primary N) is 1. The zero-order chi connectivity index (χ0) is 50.7. The number of benzene rings is 7. The Balaban J connectivity index is 0.000000235. The zero-order valence-corrected chi connectivity index (χ0v) is 40.0. The normalized spacial score (nSPS) is 12.3. The summed E-state index contributed by atoms with van der Waals surface area (Å²) < 4.78 is 28.9. The second kappa shape index (κ2) is 25.5. The van der Waals surface area contributed by atoms with E-state index >= 15 is 0 Å². The fraction of sp³-hybridized carbons (Fsp3) is 0.196. The summed E-state index contributed by atoms with van der Waals surface area (Å²) in [7, 11) is -3.81. The number of ketones is 1. The molecule has 0 aliphatic heterocycles. The summed E-state index contributed by atoms with van der Waals surface area (Å²) in [6.07, 6.45) is 1.06. The molecule has 14 heteroatoms. The fourth-order valence-electron chi connectivity index (χ4n) is 7.26. The van der Waals surface area contributed by atoms with Crippen LogP contribution in [0.5, 0.6) is 0 Å². The van der Waals surface area contributed by atoms with Crippen LogP contribution < -0.4 is 21.1 Å². The number of carboxylic acids is 2. The van der Waals surface area contributed by atoms with E-state index in [9.17, 15) is 37.5 Å². The Kier molecular flexibility index (Phi) is 19.4. The van der Waals surface area contributed by atoms with Gasteiger partial charge in [-0.2, -0.15) is 0 Å². The highest BCUT2D eigenvalue weighted by molar-refractivity contribution is 7.89. The first-order valence-corrected chi connectivity index (χ1v) is 24.0. The number of carbonyl (C=O) groups is 5. The van der Waals surface area contributed by atoms with Crippen molar-refractivity contribution < 1.29 is 42.6 Å². The summed E-state index contributed by atoms with van der Waals surface area (Å²) in [5, 5.41) is 24.6. The molecule has 0 radical (unpaired) electrons. The lowest BCUT2D eigenvalue weighted by Gasteiger charge is -2.22. The van der Waals surface area contributed by atoms with E-state index in [1.165, 1.54) is 0 Å². The van der Waals surface area contributed by atoms with Crippen molar-refractivity contribution in [2.45, 2.75) is 69.0 Å². The predicted molar refractivity (Wildman–Crippen MR) is 273 cm³/mol. The van der Waals surface area contributed by atoms with Crippen LogP contribution in [0, 0.1) is 5.92 Å². The maximum atomic E-state index is 13.5. The standard InChI is InChI=1S/C30H31N3O4S.C17H16O3.C9H11NO2/c1-30(2,3)33-38(36,37)27-19-11-16-23-24(27)17-10-18-25(23)31-29(35)26(20-21-12-6-4-7-13-21)32-28(34)22-14-8-5-9-15-22;18-16(14-9-5-2-6-10-14)12-15(17(19)20)11-13-7-3-1-4-8-13;10-8(9(11)12)6-7-4-2-1-3-5-7/h4-19,26,33H,20H2,1-3H3,(H,31,35)(H,32,34);1-10,15H,11-12H2,(H,19,20);1-5,8H,6,10H2,(H,11,12)/t26-;15-;8-/m010/s1. The fourth-order valence-corrected chi connectivity index (χ4v) is 8.90. The highest BCUT2D eigenvalue weighted by Crippen LogP contribution is 2.30. The molecule has 0 fully saturated rings. The second-order valence-electron chi connectivity index (χ2n) is 17.4. The largest absolute Gasteiger partial charge is 0.481 e. The minimum absolute atomic E-state index is 0.0221. The number of carboxylic acid groups (broad SMARTS) is 2. The van der Waals surface area contributed by atoms with Crippen LogP contribution in [0.3, 0.4) is 0 Å². The molecular formula is C56H58N4O9S. The van der Waals surface area contributed by atoms with E-state index in [1.54, 1.807) is 106 Å². The van der Waals surface area contributed by atoms with Crippen molar-refractivity contribution in [2.75, 3.05) is 5.32 Å². The molecule has 13 nitrogen and oxygen atoms in total. The monoisotopic (exact) mass is 962 g/mol. The van der Waals surface area contributed by atoms with Gasteiger partial charge in [-0.15, -0.1) is 0 Å². The van der Waals surface area contributed by atoms with Crippen molar-refractivity contribution >= 4 is 56.0 Å². The molecular weight excluding hydrogens is 905 g/mol. The van der Waals surface area contributed by atoms with E-state index in [1.807, 2.05) is 103 Å². The van der Waals surface area contributed by atoms with Crippen LogP contribution in [0.2, 0.25) is 0 Å². The van der Waals surface area contributed by atoms with Crippen LogP contribution in [-0.4, -0.2) is 65.8 Å². The first-order valence-electron chi connectivity index (χ1n) is 22.5. The Morgan fingerprint density at radius 2 is 1.00 bits per heavy atom. The van der Waals surface area contributed by atoms with Gasteiger partial charge in [0.25, 0.3) is 5.91 Å². The van der Waals surface area contributed by atoms with Crippen LogP contribution in [-0.2, 0) is 43.7 Å². The van der Waals surface area contributed by atoms with Crippen molar-refractivity contribution in [3.05, 3.63) is 216 Å². The van der Waals surface area contributed by atoms with Gasteiger partial charge in [0.15, 0.2) is 5.78 Å². The van der Waals surface area contributed by atoms with E-state index in [2.05, 4.69) is 15.4 Å². The summed E-state index contributed by atoms with van der Waals surface area (Å²) >= 11 is 0. The number of hydrogen-bond acceptors (Lipinski definition) is 8. The Morgan fingerprint density at radius 1 is 0.543 bits per heavy atom. The van der Waals surface area contributed by atoms with E-state index < -0.39 is 51.4 Å². The summed E-state index contributed by atoms with van der Waals surface area (Å²) in [5.74, 6) is -3.48. The van der Waals surface area contributed by atoms with Gasteiger partial charge in [-0.3, -0.25) is 24.0 Å². The van der Waals surface area contributed by atoms with Crippen molar-refractivity contribution in [1.82, 2.24) is 10.0 Å². The summed E-state index contributed by atoms with van der Waals surface area (Å²) in [6.45, 7) is 5.33. The van der Waals surface area contributed by atoms with Crippen molar-refractivity contribution in [1.29, 1.82) is 0 Å². The minimum Gasteiger partial charge on any atom is -0.481 e. The van der Waals surface area contributed by atoms with Crippen molar-refractivity contribution in [3.63, 3.8) is 0 Å². The Labute approximate surface area is 408 Å². The third-order valence-corrected chi connectivity index (χ3v) is 12.4. The molecule has 0 bridgehead atoms. The zero-order valence-electron chi connectivity index (χ0n) is 39.2. The van der Waals surface area contributed by atoms with Crippen LogP contribution in [0.15, 0.2) is 193 Å². The number of carbonyl (C=O) groups excluding carboxylic acids is 3. The van der Waals surface area contributed by atoms with Gasteiger partial charge in [0.2, 0.25) is 15.9 Å². The highest BCUT2D eigenvalue weighted by Gasteiger charge is 2.27. The number of rotatable bonds is 17. The van der Waals surface area contributed by atoms with Crippen LogP contribution in [0.25, 0.3) is 10.8 Å². The first kappa shape index (κ1) is 53.2. The quantitative estimate of drug-likeness (QED) is 0.0476. The molecule has 0 saturated heterocycles. The molecule has 7 aromatic carbocycles. The molecule has 0 saturated carbocycles. The molecule has 7 rings (SSSR count). The molecule has 2 amide bonds. The lowest BCUT2D eigenvalue weighted by Crippen LogP contribution is -2.45. The Bertz CT molecular complexity index is 2930. The average molecular weight is 963 g/mol. The molecule has 70 heavy (non-hydrogen) atoms. The Morgan fingerprint density at radius 3 is 1.50 bits per heavy atom. The highest BCUT2D eigenvalue weighted by atomic mass is 32.2. The lowest BCUT2D eigenvalue weighted by molar-refractivity contribution is -0.141. The molecule has 3 atom stereocenters. The maximum Gasteiger partial charge on any atom is 0.320 e. The molecule has 0 aliphatic carbocycles. The molecule has 0 heterocycles. The van der Waals surface area contributed by atoms with Crippen molar-refractivity contribution in [3.8, 4) is 0 Å². The first-order chi connectivity index (χ1) is 33.4. The van der Waals surface area contributed by atoms with Gasteiger partial charge in [0, 0.05) is 46.0 Å². The van der Waals surface area contributed by atoms with Crippen molar-refractivity contribution in [2.24, 2.45) is 11.7 Å². The molecule has 0 aliphatic rings. The lowest BCUT2D eigenvalue weighted by atomic mass is 9.92. The number of aliphatic carboxylic acids is 2. The smallest absolute Gasteiger partial charge is 0.320 e. The van der Waals surface area contributed by atoms with Gasteiger partial charge in [-0.1, -0.05) is 164 Å². The van der Waals surface area contributed by atoms with Crippen LogP contribution in [0.4, 0.5) is 5.69 Å². The number of hydrogen-bond donors (Lipinski definition) is 6. The number of Topliss-reactive ketones (excluding diaryl/α,β-unsaturated/α-hetero) is 1. The molecule has 7 aromatic rings. The van der Waals surface area contributed by atoms with Crippen LogP contribution >= 0.6 is 0 Å². The predicted octanol–water partition coefficient (Wildman–Crippen LogP) is 8.74. The number of fused-ring (bicyclic) bond motifs is 1. The summed E-state index contributed by atoms with van der Waals surface area (Å²) in [5.41, 5.74) is 8.92. The van der Waals surface area contributed by atoms with E-state index in [4.69, 9.17) is 10.8 Å². The van der Waals surface area contributed by atoms with Gasteiger partial charge in [0.1, 0.15) is 12.1 Å². The molecule has 362 valence electrons. The van der Waals surface area contributed by atoms with E-state index in [0.717, 1.165) is 16.7 Å². The van der Waals surface area contributed by atoms with E-state index in [-0.39, 0.29) is 29.4 Å². The number of nitrogens with one attached hydrogen (secondary N) is 3. The van der Waals surface area contributed by atoms with Gasteiger partial charge in [0.05, 0.1) is 10.8 Å². The topological polar surface area (TPSA) is 222 Å². The molecule has 0 spiro atoms. The number of amides is 2. The minimum atomic E-state index is -3.81. The third kappa shape index (κ3) is 16.8. The van der Waals surface area contributed by atoms with Crippen LogP contribution in [0.1, 0.15) is 64.6 Å². The summed E-state index contributed by atoms with van der Waals surface area (Å²) in [4.78, 5) is 60.4. The summed E-state index contributed by atoms with van der Waals surface area (Å²) in [6, 6.07) is 54.1. The van der Waals surface area contributed by atoms with Gasteiger partial charge >= 0.3 is 11.9 Å². The van der Waals surface area contributed by atoms with Gasteiger partial charge in [-0.05, 0) is 74.6 Å². The number of anilines is 1. The second-order valence-corrected chi connectivity index (χ2v) is 19.1. The number of sulfonamides is 1. The maximum absolute atomic E-state index is 13.5.